The van der Waals surface area contributed by atoms with Gasteiger partial charge in [0.1, 0.15) is 0 Å². The van der Waals surface area contributed by atoms with Crippen molar-refractivity contribution in [2.24, 2.45) is 0 Å². The summed E-state index contributed by atoms with van der Waals surface area (Å²) in [7, 11) is 0. The van der Waals surface area contributed by atoms with Gasteiger partial charge in [-0.2, -0.15) is 0 Å². The molecule has 1 atom stereocenters. The third-order valence-electron chi connectivity index (χ3n) is 4.87. The van der Waals surface area contributed by atoms with Crippen molar-refractivity contribution in [1.82, 2.24) is 19.5 Å². The van der Waals surface area contributed by atoms with Gasteiger partial charge in [0.25, 0.3) is 5.91 Å². The zero-order valence-corrected chi connectivity index (χ0v) is 17.5. The fourth-order valence-electron chi connectivity index (χ4n) is 3.46. The Kier molecular flexibility index (Phi) is 6.20. The summed E-state index contributed by atoms with van der Waals surface area (Å²) in [6, 6.07) is 10.1. The molecule has 0 unspecified atom stereocenters. The zero-order chi connectivity index (χ0) is 20.9. The largest absolute Gasteiger partial charge is 0.330 e. The van der Waals surface area contributed by atoms with E-state index in [9.17, 15) is 9.59 Å². The molecule has 0 spiro atoms. The van der Waals surface area contributed by atoms with Gasteiger partial charge in [-0.05, 0) is 43.0 Å². The Morgan fingerprint density at radius 1 is 1.13 bits per heavy atom. The number of hydrogen-bond donors (Lipinski definition) is 2. The van der Waals surface area contributed by atoms with E-state index in [0.717, 1.165) is 36.4 Å². The summed E-state index contributed by atoms with van der Waals surface area (Å²) in [6.45, 7) is 0.612. The minimum atomic E-state index is -0.523. The predicted octanol–water partition coefficient (Wildman–Crippen LogP) is 4.60. The molecule has 1 fully saturated rings. The number of nitrogens with zero attached hydrogens (tertiary/aromatic N) is 4. The SMILES string of the molecule is O=C(Nc1ccccc1Cl)Nc1snnc1C(=O)N1CCCC[C@@H]1c1cccnc1. The van der Waals surface area contributed by atoms with Gasteiger partial charge in [0.05, 0.1) is 16.8 Å². The second-order valence-electron chi connectivity index (χ2n) is 6.81. The lowest BCUT2D eigenvalue weighted by molar-refractivity contribution is 0.0606. The van der Waals surface area contributed by atoms with E-state index < -0.39 is 6.03 Å². The van der Waals surface area contributed by atoms with E-state index in [2.05, 4.69) is 25.2 Å². The molecule has 0 saturated carbocycles. The van der Waals surface area contributed by atoms with E-state index in [1.807, 2.05) is 12.1 Å². The van der Waals surface area contributed by atoms with Crippen molar-refractivity contribution in [3.05, 3.63) is 65.1 Å². The number of para-hydroxylation sites is 1. The highest BCUT2D eigenvalue weighted by Gasteiger charge is 2.32. The van der Waals surface area contributed by atoms with Gasteiger partial charge < -0.3 is 10.2 Å². The average Bonchev–Trinajstić information content (AvgIpc) is 3.23. The number of halogens is 1. The van der Waals surface area contributed by atoms with E-state index in [0.29, 0.717) is 22.3 Å². The first-order valence-electron chi connectivity index (χ1n) is 9.49. The highest BCUT2D eigenvalue weighted by molar-refractivity contribution is 7.10. The van der Waals surface area contributed by atoms with E-state index in [-0.39, 0.29) is 17.6 Å². The molecule has 0 aliphatic carbocycles. The molecule has 3 aromatic rings. The Balaban J connectivity index is 1.51. The third kappa shape index (κ3) is 4.42. The highest BCUT2D eigenvalue weighted by Crippen LogP contribution is 2.33. The normalized spacial score (nSPS) is 16.2. The van der Waals surface area contributed by atoms with E-state index in [1.54, 1.807) is 41.6 Å². The summed E-state index contributed by atoms with van der Waals surface area (Å²) in [5.41, 5.74) is 1.58. The highest BCUT2D eigenvalue weighted by atomic mass is 35.5. The van der Waals surface area contributed by atoms with Crippen LogP contribution in [0.5, 0.6) is 0 Å². The maximum atomic E-state index is 13.3. The third-order valence-corrected chi connectivity index (χ3v) is 5.84. The summed E-state index contributed by atoms with van der Waals surface area (Å²) < 4.78 is 3.88. The number of aromatic nitrogens is 3. The van der Waals surface area contributed by atoms with Crippen LogP contribution in [0.25, 0.3) is 0 Å². The first-order valence-corrected chi connectivity index (χ1v) is 10.6. The lowest BCUT2D eigenvalue weighted by Crippen LogP contribution is -2.39. The number of carbonyl (C=O) groups excluding carboxylic acids is 2. The molecule has 1 saturated heterocycles. The van der Waals surface area contributed by atoms with Crippen molar-refractivity contribution in [1.29, 1.82) is 0 Å². The molecule has 3 amide bonds. The van der Waals surface area contributed by atoms with Crippen LogP contribution in [0.3, 0.4) is 0 Å². The van der Waals surface area contributed by atoms with Crippen LogP contribution in [-0.4, -0.2) is 38.0 Å². The number of anilines is 2. The predicted molar refractivity (Wildman–Crippen MR) is 116 cm³/mol. The monoisotopic (exact) mass is 442 g/mol. The number of amides is 3. The van der Waals surface area contributed by atoms with Crippen molar-refractivity contribution in [3.63, 3.8) is 0 Å². The molecule has 2 aromatic heterocycles. The van der Waals surface area contributed by atoms with Crippen LogP contribution in [0.15, 0.2) is 48.8 Å². The number of rotatable bonds is 4. The van der Waals surface area contributed by atoms with E-state index in [1.165, 1.54) is 0 Å². The average molecular weight is 443 g/mol. The zero-order valence-electron chi connectivity index (χ0n) is 15.9. The molecule has 30 heavy (non-hydrogen) atoms. The lowest BCUT2D eigenvalue weighted by Gasteiger charge is -2.35. The molecule has 3 heterocycles. The van der Waals surface area contributed by atoms with Gasteiger partial charge in [-0.1, -0.05) is 34.3 Å². The number of benzene rings is 1. The number of hydrogen-bond acceptors (Lipinski definition) is 6. The van der Waals surface area contributed by atoms with Crippen molar-refractivity contribution >= 4 is 45.8 Å². The maximum Gasteiger partial charge on any atom is 0.324 e. The summed E-state index contributed by atoms with van der Waals surface area (Å²) in [4.78, 5) is 31.6. The standard InChI is InChI=1S/C20H19ClN6O2S/c21-14-7-1-2-8-15(14)23-20(29)24-18-17(25-26-30-18)19(28)27-11-4-3-9-16(27)13-6-5-10-22-12-13/h1-2,5-8,10,12,16H,3-4,9,11H2,(H2,23,24,29)/t16-/m1/s1. The second-order valence-corrected chi connectivity index (χ2v) is 7.97. The number of piperidine rings is 1. The Labute approximate surface area is 182 Å². The molecule has 0 radical (unpaired) electrons. The Morgan fingerprint density at radius 3 is 2.80 bits per heavy atom. The molecule has 2 N–H and O–H groups in total. The van der Waals surface area contributed by atoms with Crippen LogP contribution in [0.4, 0.5) is 15.5 Å². The molecule has 1 aliphatic rings. The first kappa shape index (κ1) is 20.2. The van der Waals surface area contributed by atoms with Crippen LogP contribution in [0.1, 0.15) is 41.4 Å². The molecule has 4 rings (SSSR count). The van der Waals surface area contributed by atoms with Crippen molar-refractivity contribution in [3.8, 4) is 0 Å². The molecule has 10 heteroatoms. The van der Waals surface area contributed by atoms with Crippen LogP contribution < -0.4 is 10.6 Å². The molecule has 154 valence electrons. The number of carbonyl (C=O) groups is 2. The van der Waals surface area contributed by atoms with Crippen molar-refractivity contribution in [2.75, 3.05) is 17.2 Å². The Bertz CT molecular complexity index is 1040. The molecular formula is C20H19ClN6O2S. The van der Waals surface area contributed by atoms with Gasteiger partial charge in [-0.25, -0.2) is 4.79 Å². The minimum Gasteiger partial charge on any atom is -0.330 e. The van der Waals surface area contributed by atoms with Crippen LogP contribution in [-0.2, 0) is 0 Å². The quantitative estimate of drug-likeness (QED) is 0.615. The number of urea groups is 1. The fourth-order valence-corrected chi connectivity index (χ4v) is 4.20. The van der Waals surface area contributed by atoms with Gasteiger partial charge in [-0.3, -0.25) is 15.1 Å². The van der Waals surface area contributed by atoms with Crippen LogP contribution in [0, 0.1) is 0 Å². The van der Waals surface area contributed by atoms with E-state index >= 15 is 0 Å². The molecular weight excluding hydrogens is 424 g/mol. The summed E-state index contributed by atoms with van der Waals surface area (Å²) in [5, 5.41) is 10.0. The molecule has 8 nitrogen and oxygen atoms in total. The number of nitrogens with one attached hydrogen (secondary N) is 2. The molecule has 0 bridgehead atoms. The smallest absolute Gasteiger partial charge is 0.324 e. The molecule has 1 aliphatic heterocycles. The van der Waals surface area contributed by atoms with Gasteiger partial charge in [-0.15, -0.1) is 5.10 Å². The van der Waals surface area contributed by atoms with Gasteiger partial charge >= 0.3 is 6.03 Å². The van der Waals surface area contributed by atoms with Gasteiger partial charge in [0, 0.05) is 30.5 Å². The van der Waals surface area contributed by atoms with Gasteiger partial charge in [0.2, 0.25) is 0 Å². The summed E-state index contributed by atoms with van der Waals surface area (Å²) in [5.74, 6) is -0.259. The maximum absolute atomic E-state index is 13.3. The number of likely N-dealkylation sites (tertiary alicyclic amines) is 1. The fraction of sp³-hybridized carbons (Fsp3) is 0.250. The second kappa shape index (κ2) is 9.19. The topological polar surface area (TPSA) is 100 Å². The van der Waals surface area contributed by atoms with Crippen molar-refractivity contribution < 1.29 is 9.59 Å². The number of pyridine rings is 1. The minimum absolute atomic E-state index is 0.0774. The summed E-state index contributed by atoms with van der Waals surface area (Å²) >= 11 is 7.03. The van der Waals surface area contributed by atoms with Crippen LogP contribution in [0.2, 0.25) is 5.02 Å². The Morgan fingerprint density at radius 2 is 2.00 bits per heavy atom. The first-order chi connectivity index (χ1) is 14.6. The van der Waals surface area contributed by atoms with E-state index in [4.69, 9.17) is 11.6 Å². The van der Waals surface area contributed by atoms with Crippen molar-refractivity contribution in [2.45, 2.75) is 25.3 Å². The summed E-state index contributed by atoms with van der Waals surface area (Å²) in [6.07, 6.45) is 6.29. The molecule has 1 aromatic carbocycles. The lowest BCUT2D eigenvalue weighted by atomic mass is 9.96. The van der Waals surface area contributed by atoms with Gasteiger partial charge in [0.15, 0.2) is 10.7 Å². The van der Waals surface area contributed by atoms with Crippen LogP contribution >= 0.6 is 23.1 Å². The Hall–Kier alpha value is -3.04.